The summed E-state index contributed by atoms with van der Waals surface area (Å²) in [5, 5.41) is 10.8. The van der Waals surface area contributed by atoms with E-state index in [2.05, 4.69) is 23.9 Å². The summed E-state index contributed by atoms with van der Waals surface area (Å²) in [6, 6.07) is 5.49. The van der Waals surface area contributed by atoms with Gasteiger partial charge in [-0.05, 0) is 38.6 Å². The van der Waals surface area contributed by atoms with Gasteiger partial charge in [0, 0.05) is 42.8 Å². The van der Waals surface area contributed by atoms with Crippen molar-refractivity contribution in [1.82, 2.24) is 4.90 Å². The summed E-state index contributed by atoms with van der Waals surface area (Å²) in [5.74, 6) is 0.292. The Morgan fingerprint density at radius 1 is 1.50 bits per heavy atom. The number of anilines is 1. The maximum Gasteiger partial charge on any atom is 0.269 e. The summed E-state index contributed by atoms with van der Waals surface area (Å²) in [7, 11) is 4.18. The quantitative estimate of drug-likeness (QED) is 0.487. The fourth-order valence-corrected chi connectivity index (χ4v) is 2.91. The summed E-state index contributed by atoms with van der Waals surface area (Å²) in [4.78, 5) is 15.0. The maximum atomic E-state index is 10.8. The van der Waals surface area contributed by atoms with Crippen LogP contribution in [0.3, 0.4) is 0 Å². The van der Waals surface area contributed by atoms with Gasteiger partial charge >= 0.3 is 0 Å². The van der Waals surface area contributed by atoms with Crippen molar-refractivity contribution in [2.45, 2.75) is 24.8 Å². The van der Waals surface area contributed by atoms with Crippen LogP contribution in [0.2, 0.25) is 0 Å². The van der Waals surface area contributed by atoms with Crippen LogP contribution in [-0.4, -0.2) is 43.0 Å². The molecule has 5 nitrogen and oxygen atoms in total. The topological polar surface area (TPSA) is 49.6 Å². The molecule has 1 fully saturated rings. The van der Waals surface area contributed by atoms with Crippen molar-refractivity contribution >= 4 is 23.0 Å². The van der Waals surface area contributed by atoms with Crippen LogP contribution in [0.5, 0.6) is 0 Å². The van der Waals surface area contributed by atoms with E-state index in [1.807, 2.05) is 6.07 Å². The molecule has 0 radical (unpaired) electrons. The Balaban J connectivity index is 2.25. The van der Waals surface area contributed by atoms with Crippen LogP contribution in [-0.2, 0) is 5.88 Å². The van der Waals surface area contributed by atoms with Crippen LogP contribution >= 0.6 is 11.6 Å². The van der Waals surface area contributed by atoms with Gasteiger partial charge in [0.2, 0.25) is 0 Å². The Morgan fingerprint density at radius 3 is 2.85 bits per heavy atom. The third-order valence-corrected chi connectivity index (χ3v) is 4.17. The molecule has 1 aromatic carbocycles. The lowest BCUT2D eigenvalue weighted by Gasteiger charge is -2.38. The highest BCUT2D eigenvalue weighted by Gasteiger charge is 2.23. The van der Waals surface area contributed by atoms with Gasteiger partial charge in [-0.25, -0.2) is 0 Å². The van der Waals surface area contributed by atoms with E-state index in [-0.39, 0.29) is 10.6 Å². The third-order valence-electron chi connectivity index (χ3n) is 3.89. The van der Waals surface area contributed by atoms with Gasteiger partial charge in [-0.15, -0.1) is 11.6 Å². The molecule has 1 unspecified atom stereocenters. The second-order valence-electron chi connectivity index (χ2n) is 5.41. The maximum absolute atomic E-state index is 10.8. The van der Waals surface area contributed by atoms with Crippen molar-refractivity contribution in [1.29, 1.82) is 0 Å². The molecule has 110 valence electrons. The summed E-state index contributed by atoms with van der Waals surface area (Å²) < 4.78 is 0. The zero-order valence-corrected chi connectivity index (χ0v) is 12.6. The van der Waals surface area contributed by atoms with Gasteiger partial charge in [0.1, 0.15) is 0 Å². The fourth-order valence-electron chi connectivity index (χ4n) is 2.70. The van der Waals surface area contributed by atoms with Crippen molar-refractivity contribution in [3.05, 3.63) is 33.9 Å². The Labute approximate surface area is 124 Å². The molecule has 0 amide bonds. The molecule has 1 aromatic rings. The van der Waals surface area contributed by atoms with E-state index in [1.54, 1.807) is 12.1 Å². The first-order chi connectivity index (χ1) is 9.52. The van der Waals surface area contributed by atoms with Crippen molar-refractivity contribution in [3.63, 3.8) is 0 Å². The van der Waals surface area contributed by atoms with Crippen LogP contribution in [0, 0.1) is 10.1 Å². The van der Waals surface area contributed by atoms with Crippen molar-refractivity contribution in [2.24, 2.45) is 0 Å². The number of hydrogen-bond donors (Lipinski definition) is 0. The lowest BCUT2D eigenvalue weighted by atomic mass is 10.0. The number of rotatable bonds is 4. The molecule has 20 heavy (non-hydrogen) atoms. The average Bonchev–Trinajstić information content (AvgIpc) is 2.46. The van der Waals surface area contributed by atoms with Crippen molar-refractivity contribution in [3.8, 4) is 0 Å². The molecular weight excluding hydrogens is 278 g/mol. The SMILES string of the molecule is CN(C)C1CCCN(c2ccc([N+](=O)[O-])cc2CCl)C1. The molecule has 1 atom stereocenters. The number of piperidine rings is 1. The first-order valence-corrected chi connectivity index (χ1v) is 7.31. The second-order valence-corrected chi connectivity index (χ2v) is 5.68. The molecule has 0 bridgehead atoms. The smallest absolute Gasteiger partial charge is 0.269 e. The van der Waals surface area contributed by atoms with Gasteiger partial charge in [-0.3, -0.25) is 10.1 Å². The van der Waals surface area contributed by atoms with E-state index in [4.69, 9.17) is 11.6 Å². The number of nitro benzene ring substituents is 1. The average molecular weight is 298 g/mol. The fraction of sp³-hybridized carbons (Fsp3) is 0.571. The molecule has 0 saturated carbocycles. The van der Waals surface area contributed by atoms with E-state index in [1.165, 1.54) is 6.42 Å². The molecule has 6 heteroatoms. The predicted molar refractivity (Wildman–Crippen MR) is 81.6 cm³/mol. The predicted octanol–water partition coefficient (Wildman–Crippen LogP) is 2.86. The summed E-state index contributed by atoms with van der Waals surface area (Å²) in [6.07, 6.45) is 2.31. The molecular formula is C14H20ClN3O2. The van der Waals surface area contributed by atoms with E-state index >= 15 is 0 Å². The first-order valence-electron chi connectivity index (χ1n) is 6.77. The lowest BCUT2D eigenvalue weighted by Crippen LogP contribution is -2.45. The molecule has 1 aliphatic heterocycles. The Morgan fingerprint density at radius 2 is 2.25 bits per heavy atom. The summed E-state index contributed by atoms with van der Waals surface area (Å²) in [5.41, 5.74) is 1.96. The number of alkyl halides is 1. The Kier molecular flexibility index (Phi) is 4.83. The number of halogens is 1. The lowest BCUT2D eigenvalue weighted by molar-refractivity contribution is -0.384. The number of non-ortho nitro benzene ring substituents is 1. The zero-order valence-electron chi connectivity index (χ0n) is 11.9. The molecule has 0 aromatic heterocycles. The molecule has 2 rings (SSSR count). The van der Waals surface area contributed by atoms with Gasteiger partial charge in [0.25, 0.3) is 5.69 Å². The third kappa shape index (κ3) is 3.22. The van der Waals surface area contributed by atoms with Gasteiger partial charge in [-0.2, -0.15) is 0 Å². The van der Waals surface area contributed by atoms with E-state index < -0.39 is 0 Å². The minimum absolute atomic E-state index is 0.102. The minimum atomic E-state index is -0.376. The van der Waals surface area contributed by atoms with Crippen molar-refractivity contribution < 1.29 is 4.92 Å². The Bertz CT molecular complexity index is 493. The highest BCUT2D eigenvalue weighted by molar-refractivity contribution is 6.17. The molecule has 0 N–H and O–H groups in total. The highest BCUT2D eigenvalue weighted by Crippen LogP contribution is 2.29. The minimum Gasteiger partial charge on any atom is -0.370 e. The number of hydrogen-bond acceptors (Lipinski definition) is 4. The standard InChI is InChI=1S/C14H20ClN3O2/c1-16(2)13-4-3-7-17(10-13)14-6-5-12(18(19)20)8-11(14)9-15/h5-6,8,13H,3-4,7,9-10H2,1-2H3. The normalized spacial score (nSPS) is 19.4. The van der Waals surface area contributed by atoms with Gasteiger partial charge in [0.15, 0.2) is 0 Å². The number of likely N-dealkylation sites (N-methyl/N-ethyl adjacent to an activating group) is 1. The first kappa shape index (κ1) is 15.1. The number of nitrogens with zero attached hydrogens (tertiary/aromatic N) is 3. The van der Waals surface area contributed by atoms with E-state index in [0.29, 0.717) is 11.9 Å². The molecule has 0 aliphatic carbocycles. The monoisotopic (exact) mass is 297 g/mol. The zero-order chi connectivity index (χ0) is 14.7. The molecule has 0 spiro atoms. The van der Waals surface area contributed by atoms with Crippen LogP contribution in [0.1, 0.15) is 18.4 Å². The second kappa shape index (κ2) is 6.41. The molecule has 1 aliphatic rings. The van der Waals surface area contributed by atoms with Crippen LogP contribution in [0.4, 0.5) is 11.4 Å². The number of benzene rings is 1. The van der Waals surface area contributed by atoms with Gasteiger partial charge in [0.05, 0.1) is 4.92 Å². The van der Waals surface area contributed by atoms with Crippen LogP contribution in [0.25, 0.3) is 0 Å². The number of nitro groups is 1. The molecule has 1 heterocycles. The summed E-state index contributed by atoms with van der Waals surface area (Å²) >= 11 is 5.97. The van der Waals surface area contributed by atoms with Crippen LogP contribution < -0.4 is 4.90 Å². The highest BCUT2D eigenvalue weighted by atomic mass is 35.5. The Hall–Kier alpha value is -1.33. The molecule has 1 saturated heterocycles. The summed E-state index contributed by atoms with van der Waals surface area (Å²) in [6.45, 7) is 1.92. The van der Waals surface area contributed by atoms with Crippen molar-refractivity contribution in [2.75, 3.05) is 32.1 Å². The van der Waals surface area contributed by atoms with Crippen LogP contribution in [0.15, 0.2) is 18.2 Å². The van der Waals surface area contributed by atoms with E-state index in [0.717, 1.165) is 30.8 Å². The van der Waals surface area contributed by atoms with Gasteiger partial charge < -0.3 is 9.80 Å². The van der Waals surface area contributed by atoms with E-state index in [9.17, 15) is 10.1 Å². The largest absolute Gasteiger partial charge is 0.370 e. The van der Waals surface area contributed by atoms with Gasteiger partial charge in [-0.1, -0.05) is 0 Å².